The highest BCUT2D eigenvalue weighted by Crippen LogP contribution is 2.28. The van der Waals surface area contributed by atoms with Crippen molar-refractivity contribution in [3.05, 3.63) is 65.9 Å². The van der Waals surface area contributed by atoms with Crippen LogP contribution >= 0.6 is 0 Å². The summed E-state index contributed by atoms with van der Waals surface area (Å²) in [5.41, 5.74) is 5.30. The predicted octanol–water partition coefficient (Wildman–Crippen LogP) is 3.88. The summed E-state index contributed by atoms with van der Waals surface area (Å²) in [6.07, 6.45) is 7.27. The van der Waals surface area contributed by atoms with Gasteiger partial charge >= 0.3 is 0 Å². The Hall–Kier alpha value is -3.88. The number of nitrogens with zero attached hydrogens (tertiary/aromatic N) is 5. The van der Waals surface area contributed by atoms with E-state index in [-0.39, 0.29) is 17.4 Å². The van der Waals surface area contributed by atoms with Crippen LogP contribution in [0, 0.1) is 6.92 Å². The molecule has 0 radical (unpaired) electrons. The van der Waals surface area contributed by atoms with Crippen molar-refractivity contribution >= 4 is 28.7 Å². The quantitative estimate of drug-likeness (QED) is 0.481. The lowest BCUT2D eigenvalue weighted by molar-refractivity contribution is 0.102. The summed E-state index contributed by atoms with van der Waals surface area (Å²) in [5.74, 6) is 0.112. The molecule has 1 aliphatic rings. The van der Waals surface area contributed by atoms with Gasteiger partial charge in [0.1, 0.15) is 5.52 Å². The summed E-state index contributed by atoms with van der Waals surface area (Å²) < 4.78 is 7.12. The molecule has 0 atom stereocenters. The number of fused-ring (bicyclic) bond motifs is 1. The summed E-state index contributed by atoms with van der Waals surface area (Å²) in [7, 11) is 0. The first-order valence-corrected chi connectivity index (χ1v) is 11.0. The maximum atomic E-state index is 12.8. The molecule has 1 aromatic carbocycles. The van der Waals surface area contributed by atoms with Crippen LogP contribution in [0.15, 0.2) is 53.6 Å². The van der Waals surface area contributed by atoms with Gasteiger partial charge in [0.25, 0.3) is 5.91 Å². The minimum atomic E-state index is -0.233. The van der Waals surface area contributed by atoms with Crippen LogP contribution in [-0.2, 0) is 5.41 Å². The fourth-order valence-electron chi connectivity index (χ4n) is 3.84. The molecule has 33 heavy (non-hydrogen) atoms. The van der Waals surface area contributed by atoms with Crippen molar-refractivity contribution in [3.8, 4) is 0 Å². The highest BCUT2D eigenvalue weighted by atomic mass is 16.5. The Bertz CT molecular complexity index is 1310. The molecule has 5 rings (SSSR count). The Labute approximate surface area is 191 Å². The number of hydrogen-bond donors (Lipinski definition) is 2. The molecule has 170 valence electrons. The average Bonchev–Trinajstić information content (AvgIpc) is 3.39. The zero-order chi connectivity index (χ0) is 23.2. The van der Waals surface area contributed by atoms with Crippen molar-refractivity contribution < 1.29 is 9.32 Å². The van der Waals surface area contributed by atoms with Crippen LogP contribution in [0.1, 0.15) is 42.4 Å². The van der Waals surface area contributed by atoms with Crippen molar-refractivity contribution in [3.63, 3.8) is 0 Å². The van der Waals surface area contributed by atoms with Gasteiger partial charge in [-0.25, -0.2) is 4.52 Å². The van der Waals surface area contributed by atoms with Gasteiger partial charge in [0.2, 0.25) is 5.88 Å². The molecule has 9 nitrogen and oxygen atoms in total. The minimum absolute atomic E-state index is 0.149. The predicted molar refractivity (Wildman–Crippen MR) is 127 cm³/mol. The molecule has 4 heterocycles. The summed E-state index contributed by atoms with van der Waals surface area (Å²) in [4.78, 5) is 19.3. The van der Waals surface area contributed by atoms with Crippen LogP contribution in [0.3, 0.4) is 0 Å². The van der Waals surface area contributed by atoms with Gasteiger partial charge in [0, 0.05) is 48.2 Å². The molecule has 0 bridgehead atoms. The number of aryl methyl sites for hydroxylation is 1. The molecule has 4 aromatic rings. The van der Waals surface area contributed by atoms with Gasteiger partial charge in [-0.1, -0.05) is 32.0 Å². The third kappa shape index (κ3) is 4.13. The highest BCUT2D eigenvalue weighted by molar-refractivity contribution is 6.04. The van der Waals surface area contributed by atoms with E-state index in [2.05, 4.69) is 30.8 Å². The zero-order valence-electron chi connectivity index (χ0n) is 19.2. The first-order chi connectivity index (χ1) is 15.8. The number of carbonyl (C=O) groups is 1. The number of hydrogen-bond acceptors (Lipinski definition) is 7. The van der Waals surface area contributed by atoms with Crippen molar-refractivity contribution in [2.24, 2.45) is 0 Å². The molecule has 1 aliphatic heterocycles. The van der Waals surface area contributed by atoms with Gasteiger partial charge in [-0.3, -0.25) is 15.1 Å². The van der Waals surface area contributed by atoms with Crippen LogP contribution in [0.5, 0.6) is 0 Å². The normalized spacial score (nSPS) is 14.4. The average molecular weight is 446 g/mol. The van der Waals surface area contributed by atoms with E-state index in [9.17, 15) is 4.79 Å². The second-order valence-corrected chi connectivity index (χ2v) is 9.49. The zero-order valence-corrected chi connectivity index (χ0v) is 19.2. The Balaban J connectivity index is 1.24. The van der Waals surface area contributed by atoms with E-state index in [1.807, 2.05) is 69.0 Å². The maximum Gasteiger partial charge on any atom is 0.258 e. The van der Waals surface area contributed by atoms with E-state index in [4.69, 9.17) is 4.52 Å². The number of anilines is 3. The molecule has 2 N–H and O–H groups in total. The van der Waals surface area contributed by atoms with Crippen molar-refractivity contribution in [2.45, 2.75) is 39.2 Å². The van der Waals surface area contributed by atoms with Crippen molar-refractivity contribution in [2.75, 3.05) is 28.6 Å². The number of rotatable bonds is 5. The molecule has 1 saturated heterocycles. The fourth-order valence-corrected chi connectivity index (χ4v) is 3.84. The topological polar surface area (TPSA) is 101 Å². The van der Waals surface area contributed by atoms with Crippen LogP contribution in [0.4, 0.5) is 17.3 Å². The van der Waals surface area contributed by atoms with E-state index in [1.165, 1.54) is 0 Å². The third-order valence-corrected chi connectivity index (χ3v) is 5.90. The molecule has 0 saturated carbocycles. The number of benzene rings is 1. The van der Waals surface area contributed by atoms with Gasteiger partial charge < -0.3 is 14.7 Å². The van der Waals surface area contributed by atoms with Gasteiger partial charge in [0.05, 0.1) is 29.8 Å². The smallest absolute Gasteiger partial charge is 0.258 e. The summed E-state index contributed by atoms with van der Waals surface area (Å²) >= 11 is 0. The molecule has 0 unspecified atom stereocenters. The lowest BCUT2D eigenvalue weighted by Crippen LogP contribution is -2.55. The first-order valence-electron chi connectivity index (χ1n) is 11.0. The van der Waals surface area contributed by atoms with Crippen LogP contribution < -0.4 is 15.5 Å². The monoisotopic (exact) mass is 445 g/mol. The standard InChI is InChI=1S/C24H27N7O2/c1-15-5-6-16(23(32)28-22-10-21(29-33-22)24(2,3)4)9-18(15)27-17-13-30(14-17)19-12-26-31-8-7-25-11-20(19)31/h5-12,17,27H,13-14H2,1-4H3,(H,28,32). The molecule has 3 aromatic heterocycles. The molecule has 9 heteroatoms. The Morgan fingerprint density at radius 1 is 1.18 bits per heavy atom. The first kappa shape index (κ1) is 21.0. The number of aromatic nitrogens is 4. The second kappa shape index (κ2) is 7.91. The van der Waals surface area contributed by atoms with Crippen LogP contribution in [-0.4, -0.2) is 44.8 Å². The van der Waals surface area contributed by atoms with E-state index in [0.717, 1.165) is 41.2 Å². The molecular weight excluding hydrogens is 418 g/mol. The van der Waals surface area contributed by atoms with Gasteiger partial charge in [-0.05, 0) is 24.6 Å². The molecular formula is C24H27N7O2. The van der Waals surface area contributed by atoms with Gasteiger partial charge in [-0.15, -0.1) is 0 Å². The van der Waals surface area contributed by atoms with Crippen LogP contribution in [0.25, 0.3) is 5.52 Å². The summed E-state index contributed by atoms with van der Waals surface area (Å²) in [6, 6.07) is 7.69. The van der Waals surface area contributed by atoms with Gasteiger partial charge in [0.15, 0.2) is 0 Å². The second-order valence-electron chi connectivity index (χ2n) is 9.49. The molecule has 0 aliphatic carbocycles. The van der Waals surface area contributed by atoms with Crippen molar-refractivity contribution in [1.82, 2.24) is 19.8 Å². The number of amides is 1. The van der Waals surface area contributed by atoms with E-state index < -0.39 is 0 Å². The Morgan fingerprint density at radius 3 is 2.76 bits per heavy atom. The third-order valence-electron chi connectivity index (χ3n) is 5.90. The largest absolute Gasteiger partial charge is 0.379 e. The minimum Gasteiger partial charge on any atom is -0.379 e. The number of carbonyl (C=O) groups excluding carboxylic acids is 1. The Kier molecular flexibility index (Phi) is 5.03. The summed E-state index contributed by atoms with van der Waals surface area (Å²) in [5, 5.41) is 14.8. The fraction of sp³-hybridized carbons (Fsp3) is 0.333. The van der Waals surface area contributed by atoms with E-state index in [1.54, 1.807) is 12.3 Å². The van der Waals surface area contributed by atoms with E-state index in [0.29, 0.717) is 11.4 Å². The lowest BCUT2D eigenvalue weighted by atomic mass is 9.92. The van der Waals surface area contributed by atoms with Gasteiger partial charge in [-0.2, -0.15) is 5.10 Å². The highest BCUT2D eigenvalue weighted by Gasteiger charge is 2.29. The SMILES string of the molecule is Cc1ccc(C(=O)Nc2cc(C(C)(C)C)no2)cc1NC1CN(c2cnn3ccncc23)C1. The summed E-state index contributed by atoms with van der Waals surface area (Å²) in [6.45, 7) is 9.86. The molecule has 1 fully saturated rings. The molecule has 1 amide bonds. The van der Waals surface area contributed by atoms with Crippen LogP contribution in [0.2, 0.25) is 0 Å². The van der Waals surface area contributed by atoms with Crippen molar-refractivity contribution in [1.29, 1.82) is 0 Å². The Morgan fingerprint density at radius 2 is 2.00 bits per heavy atom. The molecule has 0 spiro atoms. The lowest BCUT2D eigenvalue weighted by Gasteiger charge is -2.41. The van der Waals surface area contributed by atoms with E-state index >= 15 is 0 Å². The maximum absolute atomic E-state index is 12.8. The number of nitrogens with one attached hydrogen (secondary N) is 2.